The summed E-state index contributed by atoms with van der Waals surface area (Å²) in [5.74, 6) is -0.137. The highest BCUT2D eigenvalue weighted by molar-refractivity contribution is 5.81. The number of nitriles is 1. The van der Waals surface area contributed by atoms with Crippen molar-refractivity contribution in [1.29, 1.82) is 5.26 Å². The minimum atomic E-state index is -0.186. The maximum atomic E-state index is 11.6. The van der Waals surface area contributed by atoms with E-state index in [1.54, 1.807) is 4.90 Å². The molecule has 0 unspecified atom stereocenters. The quantitative estimate of drug-likeness (QED) is 0.595. The van der Waals surface area contributed by atoms with Crippen molar-refractivity contribution in [3.63, 3.8) is 0 Å². The summed E-state index contributed by atoms with van der Waals surface area (Å²) < 4.78 is 0. The van der Waals surface area contributed by atoms with Crippen LogP contribution in [0.3, 0.4) is 0 Å². The Morgan fingerprint density at radius 1 is 1.24 bits per heavy atom. The molecule has 2 amide bonds. The highest BCUT2D eigenvalue weighted by Gasteiger charge is 2.17. The molecule has 17 heavy (non-hydrogen) atoms. The average molecular weight is 238 g/mol. The van der Waals surface area contributed by atoms with Gasteiger partial charge >= 0.3 is 0 Å². The molecular weight excluding hydrogens is 220 g/mol. The smallest absolute Gasteiger partial charge is 0.236 e. The van der Waals surface area contributed by atoms with E-state index in [0.717, 1.165) is 25.9 Å². The number of nitrogens with zero attached hydrogens (tertiary/aromatic N) is 2. The number of nitrogens with one attached hydrogen (secondary N) is 2. The zero-order valence-electron chi connectivity index (χ0n) is 9.87. The van der Waals surface area contributed by atoms with Gasteiger partial charge in [-0.1, -0.05) is 0 Å². The summed E-state index contributed by atoms with van der Waals surface area (Å²) in [5, 5.41) is 13.7. The number of rotatable bonds is 6. The van der Waals surface area contributed by atoms with Crippen molar-refractivity contribution in [2.45, 2.75) is 19.3 Å². The average Bonchev–Trinajstić information content (AvgIpc) is 2.82. The molecule has 0 aromatic rings. The molecule has 2 N–H and O–H groups in total. The van der Waals surface area contributed by atoms with E-state index in [-0.39, 0.29) is 24.9 Å². The van der Waals surface area contributed by atoms with Crippen molar-refractivity contribution in [3.05, 3.63) is 0 Å². The van der Waals surface area contributed by atoms with Crippen molar-refractivity contribution in [1.82, 2.24) is 15.5 Å². The van der Waals surface area contributed by atoms with E-state index in [0.29, 0.717) is 13.0 Å². The highest BCUT2D eigenvalue weighted by Crippen LogP contribution is 2.06. The van der Waals surface area contributed by atoms with Crippen LogP contribution in [0.2, 0.25) is 0 Å². The summed E-state index contributed by atoms with van der Waals surface area (Å²) in [4.78, 5) is 24.6. The van der Waals surface area contributed by atoms with Crippen LogP contribution in [-0.2, 0) is 9.59 Å². The standard InChI is InChI=1S/C11H18N4O2/c12-4-3-5-14-10(16)8-13-9-11(17)15-6-1-2-7-15/h13H,1-3,5-9H2,(H,14,16). The lowest BCUT2D eigenvalue weighted by Gasteiger charge is -2.15. The van der Waals surface area contributed by atoms with Gasteiger partial charge in [0.25, 0.3) is 0 Å². The fourth-order valence-electron chi connectivity index (χ4n) is 1.68. The SMILES string of the molecule is N#CCCNC(=O)CNCC(=O)N1CCCC1. The first-order valence-corrected chi connectivity index (χ1v) is 5.86. The van der Waals surface area contributed by atoms with Crippen LogP contribution >= 0.6 is 0 Å². The van der Waals surface area contributed by atoms with Gasteiger partial charge in [-0.25, -0.2) is 0 Å². The van der Waals surface area contributed by atoms with E-state index in [2.05, 4.69) is 10.6 Å². The minimum Gasteiger partial charge on any atom is -0.354 e. The fraction of sp³-hybridized carbons (Fsp3) is 0.727. The molecule has 1 saturated heterocycles. The largest absolute Gasteiger partial charge is 0.354 e. The fourth-order valence-corrected chi connectivity index (χ4v) is 1.68. The number of carbonyl (C=O) groups excluding carboxylic acids is 2. The molecule has 94 valence electrons. The molecule has 0 spiro atoms. The summed E-state index contributed by atoms with van der Waals surface area (Å²) in [6.45, 7) is 2.33. The normalized spacial score (nSPS) is 14.4. The molecule has 0 radical (unpaired) electrons. The third-order valence-corrected chi connectivity index (χ3v) is 2.58. The monoisotopic (exact) mass is 238 g/mol. The van der Waals surface area contributed by atoms with E-state index < -0.39 is 0 Å². The van der Waals surface area contributed by atoms with Gasteiger partial charge in [-0.3, -0.25) is 14.9 Å². The predicted octanol–water partition coefficient (Wildman–Crippen LogP) is -0.772. The number of carbonyl (C=O) groups is 2. The summed E-state index contributed by atoms with van der Waals surface area (Å²) in [7, 11) is 0. The molecule has 1 heterocycles. The highest BCUT2D eigenvalue weighted by atomic mass is 16.2. The Morgan fingerprint density at radius 2 is 1.94 bits per heavy atom. The number of likely N-dealkylation sites (tertiary alicyclic amines) is 1. The molecule has 0 bridgehead atoms. The summed E-state index contributed by atoms with van der Waals surface area (Å²) in [6.07, 6.45) is 2.44. The molecule has 1 aliphatic heterocycles. The van der Waals surface area contributed by atoms with Gasteiger partial charge in [0.2, 0.25) is 11.8 Å². The lowest BCUT2D eigenvalue weighted by atomic mass is 10.4. The van der Waals surface area contributed by atoms with Crippen LogP contribution < -0.4 is 10.6 Å². The molecule has 0 atom stereocenters. The van der Waals surface area contributed by atoms with E-state index in [1.807, 2.05) is 6.07 Å². The van der Waals surface area contributed by atoms with E-state index in [1.165, 1.54) is 0 Å². The molecule has 0 aromatic carbocycles. The Labute approximate surface area is 101 Å². The van der Waals surface area contributed by atoms with E-state index in [9.17, 15) is 9.59 Å². The zero-order chi connectivity index (χ0) is 12.5. The molecule has 0 saturated carbocycles. The van der Waals surface area contributed by atoms with E-state index >= 15 is 0 Å². The first-order chi connectivity index (χ1) is 8.24. The lowest BCUT2D eigenvalue weighted by Crippen LogP contribution is -2.40. The Kier molecular flexibility index (Phi) is 6.04. The number of amides is 2. The predicted molar refractivity (Wildman–Crippen MR) is 61.9 cm³/mol. The maximum absolute atomic E-state index is 11.6. The Morgan fingerprint density at radius 3 is 2.59 bits per heavy atom. The Hall–Kier alpha value is -1.61. The lowest BCUT2D eigenvalue weighted by molar-refractivity contribution is -0.129. The van der Waals surface area contributed by atoms with Gasteiger partial charge in [-0.15, -0.1) is 0 Å². The van der Waals surface area contributed by atoms with Crippen molar-refractivity contribution >= 4 is 11.8 Å². The van der Waals surface area contributed by atoms with Gasteiger partial charge < -0.3 is 10.2 Å². The van der Waals surface area contributed by atoms with Crippen LogP contribution in [-0.4, -0.2) is 49.4 Å². The Balaban J connectivity index is 2.04. The van der Waals surface area contributed by atoms with Crippen molar-refractivity contribution in [3.8, 4) is 6.07 Å². The second kappa shape index (κ2) is 7.63. The van der Waals surface area contributed by atoms with Gasteiger partial charge in [0.1, 0.15) is 0 Å². The van der Waals surface area contributed by atoms with Gasteiger partial charge in [0.05, 0.1) is 25.6 Å². The van der Waals surface area contributed by atoms with Gasteiger partial charge in [0, 0.05) is 19.6 Å². The van der Waals surface area contributed by atoms with Crippen LogP contribution in [0.15, 0.2) is 0 Å². The second-order valence-electron chi connectivity index (χ2n) is 3.95. The molecule has 1 rings (SSSR count). The van der Waals surface area contributed by atoms with Crippen molar-refractivity contribution in [2.24, 2.45) is 0 Å². The van der Waals surface area contributed by atoms with Crippen LogP contribution in [0.4, 0.5) is 0 Å². The Bertz CT molecular complexity index is 305. The third kappa shape index (κ3) is 5.31. The van der Waals surface area contributed by atoms with Crippen molar-refractivity contribution in [2.75, 3.05) is 32.7 Å². The molecule has 0 aromatic heterocycles. The topological polar surface area (TPSA) is 85.2 Å². The molecule has 0 aliphatic carbocycles. The molecule has 6 heteroatoms. The van der Waals surface area contributed by atoms with Gasteiger partial charge in [0.15, 0.2) is 0 Å². The minimum absolute atomic E-state index is 0.0484. The molecule has 1 aliphatic rings. The summed E-state index contributed by atoms with van der Waals surface area (Å²) in [5.41, 5.74) is 0. The first kappa shape index (κ1) is 13.5. The third-order valence-electron chi connectivity index (χ3n) is 2.58. The summed E-state index contributed by atoms with van der Waals surface area (Å²) in [6, 6.07) is 1.94. The zero-order valence-corrected chi connectivity index (χ0v) is 9.87. The maximum Gasteiger partial charge on any atom is 0.236 e. The van der Waals surface area contributed by atoms with Crippen LogP contribution in [0.25, 0.3) is 0 Å². The number of hydrogen-bond donors (Lipinski definition) is 2. The van der Waals surface area contributed by atoms with E-state index in [4.69, 9.17) is 5.26 Å². The van der Waals surface area contributed by atoms with Crippen molar-refractivity contribution < 1.29 is 9.59 Å². The van der Waals surface area contributed by atoms with Crippen LogP contribution in [0.1, 0.15) is 19.3 Å². The molecular formula is C11H18N4O2. The molecule has 6 nitrogen and oxygen atoms in total. The molecule has 1 fully saturated rings. The van der Waals surface area contributed by atoms with Gasteiger partial charge in [-0.05, 0) is 12.8 Å². The van der Waals surface area contributed by atoms with Crippen LogP contribution in [0, 0.1) is 11.3 Å². The second-order valence-corrected chi connectivity index (χ2v) is 3.95. The summed E-state index contributed by atoms with van der Waals surface area (Å²) >= 11 is 0. The van der Waals surface area contributed by atoms with Gasteiger partial charge in [-0.2, -0.15) is 5.26 Å². The number of hydrogen-bond acceptors (Lipinski definition) is 4. The van der Waals surface area contributed by atoms with Crippen LogP contribution in [0.5, 0.6) is 0 Å². The first-order valence-electron chi connectivity index (χ1n) is 5.86.